The minimum Gasteiger partial charge on any atom is -0.376 e. The van der Waals surface area contributed by atoms with E-state index in [1.165, 1.54) is 17.7 Å². The lowest BCUT2D eigenvalue weighted by atomic mass is 10.2. The van der Waals surface area contributed by atoms with E-state index < -0.39 is 0 Å². The number of halogens is 1. The molecule has 0 radical (unpaired) electrons. The molecule has 1 unspecified atom stereocenters. The number of hydrogen-bond donors (Lipinski definition) is 1. The predicted octanol–water partition coefficient (Wildman–Crippen LogP) is 4.57. The largest absolute Gasteiger partial charge is 0.376 e. The van der Waals surface area contributed by atoms with E-state index in [1.54, 1.807) is 11.3 Å². The van der Waals surface area contributed by atoms with E-state index in [-0.39, 0.29) is 6.04 Å². The number of nitrogens with zero attached hydrogens (tertiary/aromatic N) is 2. The molecular formula is C15H18ClN3S. The first-order valence-corrected chi connectivity index (χ1v) is 8.14. The van der Waals surface area contributed by atoms with Crippen LogP contribution in [-0.2, 0) is 0 Å². The summed E-state index contributed by atoms with van der Waals surface area (Å²) < 4.78 is 0.830. The monoisotopic (exact) mass is 307 g/mol. The van der Waals surface area contributed by atoms with Crippen LogP contribution in [0.4, 0.5) is 11.5 Å². The van der Waals surface area contributed by atoms with Crippen LogP contribution in [0.15, 0.2) is 30.5 Å². The molecule has 0 aromatic carbocycles. The Kier molecular flexibility index (Phi) is 4.13. The number of thiophene rings is 1. The van der Waals surface area contributed by atoms with Crippen molar-refractivity contribution in [2.75, 3.05) is 23.3 Å². The molecule has 0 saturated carbocycles. The number of rotatable bonds is 4. The third-order valence-corrected chi connectivity index (χ3v) is 5.00. The summed E-state index contributed by atoms with van der Waals surface area (Å²) in [5, 5.41) is 3.46. The van der Waals surface area contributed by atoms with Crippen molar-refractivity contribution in [2.24, 2.45) is 0 Å². The molecule has 3 heterocycles. The lowest BCUT2D eigenvalue weighted by Gasteiger charge is -2.18. The molecule has 1 aliphatic heterocycles. The molecule has 1 atom stereocenters. The molecule has 1 saturated heterocycles. The van der Waals surface area contributed by atoms with Crippen molar-refractivity contribution < 1.29 is 0 Å². The molecular weight excluding hydrogens is 290 g/mol. The van der Waals surface area contributed by atoms with Gasteiger partial charge >= 0.3 is 0 Å². The van der Waals surface area contributed by atoms with Gasteiger partial charge in [0.2, 0.25) is 0 Å². The van der Waals surface area contributed by atoms with Crippen LogP contribution in [0.1, 0.15) is 30.7 Å². The highest BCUT2D eigenvalue weighted by atomic mass is 35.5. The van der Waals surface area contributed by atoms with Crippen LogP contribution < -0.4 is 10.2 Å². The molecule has 20 heavy (non-hydrogen) atoms. The second-order valence-corrected chi connectivity index (χ2v) is 6.85. The summed E-state index contributed by atoms with van der Waals surface area (Å²) in [6.45, 7) is 4.39. The molecule has 1 fully saturated rings. The van der Waals surface area contributed by atoms with Gasteiger partial charge in [-0.25, -0.2) is 4.98 Å². The van der Waals surface area contributed by atoms with Crippen LogP contribution in [0.5, 0.6) is 0 Å². The normalized spacial score (nSPS) is 16.4. The minimum absolute atomic E-state index is 0.243. The zero-order valence-electron chi connectivity index (χ0n) is 11.5. The smallest absolute Gasteiger partial charge is 0.128 e. The molecule has 106 valence electrons. The average molecular weight is 308 g/mol. The molecule has 0 aliphatic carbocycles. The first kappa shape index (κ1) is 13.7. The van der Waals surface area contributed by atoms with Gasteiger partial charge in [0.05, 0.1) is 22.3 Å². The third kappa shape index (κ3) is 3.07. The van der Waals surface area contributed by atoms with E-state index in [0.717, 1.165) is 28.9 Å². The average Bonchev–Trinajstić information content (AvgIpc) is 3.10. The number of pyridine rings is 1. The standard InChI is InChI=1S/C15H18ClN3S/c1-11(13-5-6-14(16)20-13)18-12-4-7-15(17-10-12)19-8-2-3-9-19/h4-7,10-11,18H,2-3,8-9H2,1H3. The number of aromatic nitrogens is 1. The Morgan fingerprint density at radius 2 is 2.05 bits per heavy atom. The summed E-state index contributed by atoms with van der Waals surface area (Å²) in [6, 6.07) is 8.45. The zero-order valence-corrected chi connectivity index (χ0v) is 13.0. The number of nitrogens with one attached hydrogen (secondary N) is 1. The highest BCUT2D eigenvalue weighted by Gasteiger charge is 2.13. The van der Waals surface area contributed by atoms with Gasteiger partial charge in [-0.3, -0.25) is 0 Å². The Morgan fingerprint density at radius 1 is 1.25 bits per heavy atom. The molecule has 5 heteroatoms. The SMILES string of the molecule is CC(Nc1ccc(N2CCCC2)nc1)c1ccc(Cl)s1. The van der Waals surface area contributed by atoms with Crippen LogP contribution in [0.2, 0.25) is 4.34 Å². The molecule has 0 spiro atoms. The number of hydrogen-bond acceptors (Lipinski definition) is 4. The van der Waals surface area contributed by atoms with Gasteiger partial charge in [0, 0.05) is 18.0 Å². The van der Waals surface area contributed by atoms with Gasteiger partial charge < -0.3 is 10.2 Å². The van der Waals surface area contributed by atoms with Gasteiger partial charge in [0.1, 0.15) is 5.82 Å². The van der Waals surface area contributed by atoms with Gasteiger partial charge in [0.15, 0.2) is 0 Å². The van der Waals surface area contributed by atoms with E-state index in [1.807, 2.05) is 12.3 Å². The van der Waals surface area contributed by atoms with E-state index in [4.69, 9.17) is 11.6 Å². The third-order valence-electron chi connectivity index (χ3n) is 3.58. The van der Waals surface area contributed by atoms with Gasteiger partial charge in [0.25, 0.3) is 0 Å². The van der Waals surface area contributed by atoms with Crippen molar-refractivity contribution >= 4 is 34.4 Å². The molecule has 2 aromatic rings. The fraction of sp³-hybridized carbons (Fsp3) is 0.400. The van der Waals surface area contributed by atoms with E-state index >= 15 is 0 Å². The van der Waals surface area contributed by atoms with Crippen molar-refractivity contribution in [1.29, 1.82) is 0 Å². The fourth-order valence-corrected chi connectivity index (χ4v) is 3.55. The summed E-state index contributed by atoms with van der Waals surface area (Å²) in [4.78, 5) is 8.13. The Labute approximate surface area is 128 Å². The highest BCUT2D eigenvalue weighted by Crippen LogP contribution is 2.29. The molecule has 0 amide bonds. The molecule has 2 aromatic heterocycles. The van der Waals surface area contributed by atoms with Crippen molar-refractivity contribution in [3.63, 3.8) is 0 Å². The Balaban J connectivity index is 1.65. The van der Waals surface area contributed by atoms with Crippen molar-refractivity contribution in [3.05, 3.63) is 39.7 Å². The number of anilines is 2. The topological polar surface area (TPSA) is 28.2 Å². The van der Waals surface area contributed by atoms with Crippen molar-refractivity contribution in [2.45, 2.75) is 25.8 Å². The van der Waals surface area contributed by atoms with Gasteiger partial charge in [-0.1, -0.05) is 11.6 Å². The van der Waals surface area contributed by atoms with Gasteiger partial charge in [-0.05, 0) is 44.0 Å². The molecule has 3 nitrogen and oxygen atoms in total. The second kappa shape index (κ2) is 6.02. The first-order chi connectivity index (χ1) is 9.72. The Morgan fingerprint density at radius 3 is 2.65 bits per heavy atom. The van der Waals surface area contributed by atoms with Gasteiger partial charge in [-0.2, -0.15) is 0 Å². The van der Waals surface area contributed by atoms with E-state index in [9.17, 15) is 0 Å². The summed E-state index contributed by atoms with van der Waals surface area (Å²) in [5.74, 6) is 1.08. The molecule has 1 N–H and O–H groups in total. The molecule has 0 bridgehead atoms. The highest BCUT2D eigenvalue weighted by molar-refractivity contribution is 7.16. The summed E-state index contributed by atoms with van der Waals surface area (Å²) >= 11 is 7.59. The summed E-state index contributed by atoms with van der Waals surface area (Å²) in [6.07, 6.45) is 4.47. The van der Waals surface area contributed by atoms with E-state index in [0.29, 0.717) is 0 Å². The van der Waals surface area contributed by atoms with E-state index in [2.05, 4.69) is 40.3 Å². The first-order valence-electron chi connectivity index (χ1n) is 6.95. The Bertz CT molecular complexity index is 561. The minimum atomic E-state index is 0.243. The van der Waals surface area contributed by atoms with Crippen LogP contribution in [0.3, 0.4) is 0 Å². The quantitative estimate of drug-likeness (QED) is 0.897. The summed E-state index contributed by atoms with van der Waals surface area (Å²) in [5.41, 5.74) is 1.05. The van der Waals surface area contributed by atoms with Gasteiger partial charge in [-0.15, -0.1) is 11.3 Å². The summed E-state index contributed by atoms with van der Waals surface area (Å²) in [7, 11) is 0. The van der Waals surface area contributed by atoms with Crippen molar-refractivity contribution in [1.82, 2.24) is 4.98 Å². The zero-order chi connectivity index (χ0) is 13.9. The van der Waals surface area contributed by atoms with Crippen LogP contribution in [-0.4, -0.2) is 18.1 Å². The van der Waals surface area contributed by atoms with Crippen LogP contribution in [0, 0.1) is 0 Å². The maximum absolute atomic E-state index is 5.97. The lowest BCUT2D eigenvalue weighted by Crippen LogP contribution is -2.18. The fourth-order valence-electron chi connectivity index (χ4n) is 2.49. The Hall–Kier alpha value is -1.26. The maximum Gasteiger partial charge on any atom is 0.128 e. The van der Waals surface area contributed by atoms with Crippen molar-refractivity contribution in [3.8, 4) is 0 Å². The van der Waals surface area contributed by atoms with Crippen LogP contribution >= 0.6 is 22.9 Å². The maximum atomic E-state index is 5.97. The lowest BCUT2D eigenvalue weighted by molar-refractivity contribution is 0.901. The predicted molar refractivity (Wildman–Crippen MR) is 87.1 cm³/mol. The van der Waals surface area contributed by atoms with Crippen LogP contribution in [0.25, 0.3) is 0 Å². The molecule has 1 aliphatic rings. The second-order valence-electron chi connectivity index (χ2n) is 5.11. The molecule has 3 rings (SSSR count).